The minimum Gasteiger partial charge on any atom is -0.507 e. The molecule has 1 fully saturated rings. The maximum Gasteiger partial charge on any atom is 0.254 e. The van der Waals surface area contributed by atoms with Gasteiger partial charge in [0.1, 0.15) is 11.5 Å². The Labute approximate surface area is 300 Å². The molecule has 0 spiro atoms. The van der Waals surface area contributed by atoms with E-state index in [9.17, 15) is 29.4 Å². The summed E-state index contributed by atoms with van der Waals surface area (Å²) in [7, 11) is 0. The van der Waals surface area contributed by atoms with E-state index in [4.69, 9.17) is 0 Å². The van der Waals surface area contributed by atoms with E-state index in [2.05, 4.69) is 16.4 Å². The molecule has 10 nitrogen and oxygen atoms in total. The van der Waals surface area contributed by atoms with Gasteiger partial charge in [0.25, 0.3) is 5.91 Å². The zero-order valence-corrected chi connectivity index (χ0v) is 30.0. The lowest BCUT2D eigenvalue weighted by atomic mass is 9.96. The average Bonchev–Trinajstić information content (AvgIpc) is 3.14. The van der Waals surface area contributed by atoms with Crippen LogP contribution in [0.4, 0.5) is 11.4 Å². The Morgan fingerprint density at radius 3 is 1.71 bits per heavy atom. The number of allylic oxidation sites excluding steroid dienone is 4. The number of benzene rings is 3. The number of anilines is 2. The van der Waals surface area contributed by atoms with Gasteiger partial charge in [0, 0.05) is 93.4 Å². The number of hydrogen-bond acceptors (Lipinski definition) is 8. The van der Waals surface area contributed by atoms with E-state index in [0.29, 0.717) is 0 Å². The second kappa shape index (κ2) is 17.8. The summed E-state index contributed by atoms with van der Waals surface area (Å²) in [5.41, 5.74) is 2.47. The third-order valence-corrected chi connectivity index (χ3v) is 9.19. The van der Waals surface area contributed by atoms with Gasteiger partial charge in [-0.25, -0.2) is 0 Å². The molecular weight excluding hydrogens is 644 g/mol. The molecule has 2 N–H and O–H groups in total. The van der Waals surface area contributed by atoms with Crippen molar-refractivity contribution in [2.24, 2.45) is 0 Å². The number of aromatic hydroxyl groups is 2. The molecule has 10 heteroatoms. The number of rotatable bonds is 15. The van der Waals surface area contributed by atoms with Gasteiger partial charge < -0.3 is 29.8 Å². The van der Waals surface area contributed by atoms with Crippen LogP contribution < -0.4 is 9.80 Å². The van der Waals surface area contributed by atoms with E-state index in [0.717, 1.165) is 37.6 Å². The van der Waals surface area contributed by atoms with Gasteiger partial charge >= 0.3 is 0 Å². The Balaban J connectivity index is 1.47. The number of nitrogens with zero attached hydrogens (tertiary/aromatic N) is 4. The third-order valence-electron chi connectivity index (χ3n) is 9.19. The lowest BCUT2D eigenvalue weighted by Gasteiger charge is -2.35. The van der Waals surface area contributed by atoms with Crippen LogP contribution in [0.1, 0.15) is 70.8 Å². The van der Waals surface area contributed by atoms with Crippen molar-refractivity contribution in [1.82, 2.24) is 9.80 Å². The summed E-state index contributed by atoms with van der Waals surface area (Å²) in [6.07, 6.45) is 6.21. The average molecular weight is 693 g/mol. The Kier molecular flexibility index (Phi) is 13.4. The quantitative estimate of drug-likeness (QED) is 0.109. The molecule has 0 radical (unpaired) electrons. The van der Waals surface area contributed by atoms with E-state index in [1.807, 2.05) is 27.7 Å². The molecule has 51 heavy (non-hydrogen) atoms. The first-order chi connectivity index (χ1) is 24.6. The van der Waals surface area contributed by atoms with Crippen LogP contribution in [0.2, 0.25) is 0 Å². The molecule has 0 bridgehead atoms. The number of carbonyl (C=O) groups excluding carboxylic acids is 4. The Morgan fingerprint density at radius 2 is 1.20 bits per heavy atom. The summed E-state index contributed by atoms with van der Waals surface area (Å²) in [4.78, 5) is 61.9. The first-order valence-corrected chi connectivity index (χ1v) is 17.5. The molecule has 1 saturated heterocycles. The van der Waals surface area contributed by atoms with Crippen LogP contribution in [0.15, 0.2) is 97.1 Å². The van der Waals surface area contributed by atoms with E-state index in [1.165, 1.54) is 0 Å². The molecule has 0 aromatic heterocycles. The van der Waals surface area contributed by atoms with Crippen molar-refractivity contribution in [1.29, 1.82) is 0 Å². The van der Waals surface area contributed by atoms with E-state index in [1.54, 1.807) is 94.8 Å². The van der Waals surface area contributed by atoms with Crippen LogP contribution in [0, 0.1) is 0 Å². The van der Waals surface area contributed by atoms with Crippen molar-refractivity contribution in [2.45, 2.75) is 34.1 Å². The fourth-order valence-electron chi connectivity index (χ4n) is 6.26. The van der Waals surface area contributed by atoms with E-state index < -0.39 is 11.6 Å². The van der Waals surface area contributed by atoms with Crippen molar-refractivity contribution in [3.05, 3.63) is 119 Å². The molecule has 3 aromatic rings. The number of carbonyl (C=O) groups is 4. The Bertz CT molecular complexity index is 1810. The summed E-state index contributed by atoms with van der Waals surface area (Å²) in [5, 5.41) is 21.5. The molecule has 268 valence electrons. The van der Waals surface area contributed by atoms with Gasteiger partial charge in [-0.2, -0.15) is 0 Å². The highest BCUT2D eigenvalue weighted by molar-refractivity contribution is 6.16. The van der Waals surface area contributed by atoms with Crippen molar-refractivity contribution in [3.8, 4) is 11.5 Å². The Hall–Kier alpha value is -5.64. The van der Waals surface area contributed by atoms with Gasteiger partial charge in [0.15, 0.2) is 11.6 Å². The predicted octanol–water partition coefficient (Wildman–Crippen LogP) is 6.25. The normalized spacial score (nSPS) is 13.3. The lowest BCUT2D eigenvalue weighted by molar-refractivity contribution is -0.128. The van der Waals surface area contributed by atoms with Crippen molar-refractivity contribution in [2.75, 3.05) is 62.2 Å². The summed E-state index contributed by atoms with van der Waals surface area (Å²) >= 11 is 0. The largest absolute Gasteiger partial charge is 0.507 e. The molecule has 0 unspecified atom stereocenters. The van der Waals surface area contributed by atoms with E-state index >= 15 is 0 Å². The second-order valence-electron chi connectivity index (χ2n) is 12.1. The first-order valence-electron chi connectivity index (χ1n) is 17.5. The summed E-state index contributed by atoms with van der Waals surface area (Å²) in [6, 6.07) is 16.4. The van der Waals surface area contributed by atoms with Crippen LogP contribution in [0.3, 0.4) is 0 Å². The highest BCUT2D eigenvalue weighted by Crippen LogP contribution is 2.29. The van der Waals surface area contributed by atoms with Crippen molar-refractivity contribution in [3.63, 3.8) is 0 Å². The number of piperazine rings is 1. The zero-order valence-electron chi connectivity index (χ0n) is 30.0. The maximum atomic E-state index is 13.8. The summed E-state index contributed by atoms with van der Waals surface area (Å²) in [5.74, 6) is -1.85. The van der Waals surface area contributed by atoms with Gasteiger partial charge in [0.2, 0.25) is 5.91 Å². The third kappa shape index (κ3) is 8.94. The van der Waals surface area contributed by atoms with Gasteiger partial charge in [-0.3, -0.25) is 19.2 Å². The number of amides is 2. The molecule has 1 heterocycles. The molecule has 3 aromatic carbocycles. The van der Waals surface area contributed by atoms with Crippen LogP contribution in [-0.2, 0) is 4.79 Å². The molecule has 0 saturated carbocycles. The standard InChI is InChI=1S/C41H48N4O6/c1-6-11-12-15-29(26-36(46)34-20-18-30(27-37(34)47)42(7-2)8-3)40(50)44-22-24-45(25-23-44)41(51)33-17-14-13-16-32(33)39(49)35-21-19-31(28-38(35)48)43(9-4)10-5/h6,11-21,27-28,47-48H,1,7-10,22-26H2,2-5H3/b12-11-,29-15+. The van der Waals surface area contributed by atoms with E-state index in [-0.39, 0.29) is 83.7 Å². The SMILES string of the molecule is C=C/C=C\C=C(/CC(=O)c1ccc(N(CC)CC)cc1O)C(=O)N1CCN(C(=O)c2ccccc2C(=O)c2ccc(N(CC)CC)cc2O)CC1. The van der Waals surface area contributed by atoms with Crippen LogP contribution in [-0.4, -0.2) is 95.8 Å². The molecule has 4 rings (SSSR count). The number of hydrogen-bond donors (Lipinski definition) is 2. The number of Topliss-reactive ketones (excluding diaryl/α,β-unsaturated/α-hetero) is 1. The zero-order chi connectivity index (χ0) is 37.1. The minimum atomic E-state index is -0.461. The predicted molar refractivity (Wildman–Crippen MR) is 202 cm³/mol. The maximum absolute atomic E-state index is 13.8. The highest BCUT2D eigenvalue weighted by Gasteiger charge is 2.30. The van der Waals surface area contributed by atoms with Gasteiger partial charge in [-0.05, 0) is 58.0 Å². The van der Waals surface area contributed by atoms with Gasteiger partial charge in [-0.15, -0.1) is 0 Å². The van der Waals surface area contributed by atoms with Crippen molar-refractivity contribution < 1.29 is 29.4 Å². The fourth-order valence-corrected chi connectivity index (χ4v) is 6.26. The lowest BCUT2D eigenvalue weighted by Crippen LogP contribution is -2.51. The molecular formula is C41H48N4O6. The van der Waals surface area contributed by atoms with Gasteiger partial charge in [0.05, 0.1) is 16.7 Å². The second-order valence-corrected chi connectivity index (χ2v) is 12.1. The molecule has 0 aliphatic carbocycles. The molecule has 0 atom stereocenters. The first kappa shape index (κ1) is 38.2. The van der Waals surface area contributed by atoms with Crippen LogP contribution in [0.5, 0.6) is 11.5 Å². The number of ketones is 2. The highest BCUT2D eigenvalue weighted by atomic mass is 16.3. The smallest absolute Gasteiger partial charge is 0.254 e. The van der Waals surface area contributed by atoms with Crippen molar-refractivity contribution >= 4 is 34.8 Å². The number of phenols is 2. The minimum absolute atomic E-state index is 0.106. The topological polar surface area (TPSA) is 122 Å². The fraction of sp³-hybridized carbons (Fsp3) is 0.317. The number of phenolic OH excluding ortho intramolecular Hbond substituents is 2. The molecule has 1 aliphatic heterocycles. The summed E-state index contributed by atoms with van der Waals surface area (Å²) in [6.45, 7) is 15.6. The molecule has 1 aliphatic rings. The van der Waals surface area contributed by atoms with Gasteiger partial charge in [-0.1, -0.05) is 49.1 Å². The van der Waals surface area contributed by atoms with Crippen LogP contribution in [0.25, 0.3) is 0 Å². The summed E-state index contributed by atoms with van der Waals surface area (Å²) < 4.78 is 0. The van der Waals surface area contributed by atoms with Crippen LogP contribution >= 0.6 is 0 Å². The monoisotopic (exact) mass is 692 g/mol. The Morgan fingerprint density at radius 1 is 0.686 bits per heavy atom. The molecule has 2 amide bonds.